The van der Waals surface area contributed by atoms with Crippen LogP contribution in [0.5, 0.6) is 11.5 Å². The second-order valence-corrected chi connectivity index (χ2v) is 6.08. The van der Waals surface area contributed by atoms with Crippen molar-refractivity contribution in [1.82, 2.24) is 10.2 Å². The number of hydrogen-bond acceptors (Lipinski definition) is 4. The Balaban J connectivity index is 1.92. The third-order valence-electron chi connectivity index (χ3n) is 3.97. The van der Waals surface area contributed by atoms with Gasteiger partial charge in [0.05, 0.1) is 7.11 Å². The molecule has 1 heterocycles. The molecule has 0 saturated carbocycles. The van der Waals surface area contributed by atoms with Crippen LogP contribution in [0.4, 0.5) is 13.2 Å². The van der Waals surface area contributed by atoms with Crippen molar-refractivity contribution in [1.29, 1.82) is 0 Å². The van der Waals surface area contributed by atoms with Gasteiger partial charge < -0.3 is 19.7 Å². The highest BCUT2D eigenvalue weighted by Crippen LogP contribution is 2.30. The summed E-state index contributed by atoms with van der Waals surface area (Å²) in [7, 11) is 1.37. The molecular weight excluding hydrogens is 337 g/mol. The van der Waals surface area contributed by atoms with Crippen LogP contribution in [0.2, 0.25) is 0 Å². The maximum Gasteiger partial charge on any atom is 0.422 e. The number of benzene rings is 1. The van der Waals surface area contributed by atoms with Gasteiger partial charge in [0.25, 0.3) is 0 Å². The summed E-state index contributed by atoms with van der Waals surface area (Å²) in [5.74, 6) is 0.334. The zero-order valence-corrected chi connectivity index (χ0v) is 14.4. The highest BCUT2D eigenvalue weighted by Gasteiger charge is 2.29. The summed E-state index contributed by atoms with van der Waals surface area (Å²) in [6.45, 7) is 2.82. The van der Waals surface area contributed by atoms with Crippen molar-refractivity contribution in [3.63, 3.8) is 0 Å². The molecule has 8 heteroatoms. The minimum Gasteiger partial charge on any atom is -0.493 e. The third-order valence-corrected chi connectivity index (χ3v) is 3.97. The van der Waals surface area contributed by atoms with Gasteiger partial charge in [0.1, 0.15) is 0 Å². The Hall–Kier alpha value is -1.96. The number of rotatable bonds is 6. The minimum absolute atomic E-state index is 0.0332. The fraction of sp³-hybridized carbons (Fsp3) is 0.588. The van der Waals surface area contributed by atoms with E-state index in [0.29, 0.717) is 25.9 Å². The molecule has 0 aliphatic carbocycles. The number of ether oxygens (including phenoxy) is 2. The molecule has 25 heavy (non-hydrogen) atoms. The summed E-state index contributed by atoms with van der Waals surface area (Å²) in [4.78, 5) is 14.1. The van der Waals surface area contributed by atoms with Gasteiger partial charge in [-0.05, 0) is 31.0 Å². The number of carbonyl (C=O) groups is 1. The van der Waals surface area contributed by atoms with Gasteiger partial charge in [-0.15, -0.1) is 0 Å². The third kappa shape index (κ3) is 6.12. The maximum atomic E-state index is 12.3. The normalized spacial score (nSPS) is 18.1. The first-order chi connectivity index (χ1) is 11.8. The van der Waals surface area contributed by atoms with Crippen LogP contribution < -0.4 is 14.8 Å². The number of piperazine rings is 1. The van der Waals surface area contributed by atoms with E-state index < -0.39 is 12.8 Å². The van der Waals surface area contributed by atoms with Gasteiger partial charge in [-0.25, -0.2) is 0 Å². The molecule has 0 aromatic heterocycles. The molecule has 0 spiro atoms. The van der Waals surface area contributed by atoms with Gasteiger partial charge in [-0.3, -0.25) is 4.79 Å². The lowest BCUT2D eigenvalue weighted by Crippen LogP contribution is -2.51. The van der Waals surface area contributed by atoms with Gasteiger partial charge >= 0.3 is 6.18 Å². The number of hydrogen-bond donors (Lipinski definition) is 1. The number of halogens is 3. The Kier molecular flexibility index (Phi) is 6.52. The summed E-state index contributed by atoms with van der Waals surface area (Å²) in [6, 6.07) is 4.99. The lowest BCUT2D eigenvalue weighted by atomic mass is 10.1. The smallest absolute Gasteiger partial charge is 0.422 e. The van der Waals surface area contributed by atoms with E-state index in [0.717, 1.165) is 12.1 Å². The highest BCUT2D eigenvalue weighted by molar-refractivity contribution is 5.76. The standard InChI is InChI=1S/C17H23F3N2O3/c1-12-10-22(8-7-21-12)16(23)6-4-13-3-5-14(15(9-13)24-2)25-11-17(18,19)20/h3,5,9,12,21H,4,6-8,10-11H2,1-2H3. The van der Waals surface area contributed by atoms with Crippen LogP contribution in [-0.4, -0.2) is 56.4 Å². The summed E-state index contributed by atoms with van der Waals surface area (Å²) in [6.07, 6.45) is -3.57. The van der Waals surface area contributed by atoms with Crippen LogP contribution >= 0.6 is 0 Å². The largest absolute Gasteiger partial charge is 0.493 e. The van der Waals surface area contributed by atoms with Crippen LogP contribution in [0.1, 0.15) is 18.9 Å². The molecule has 5 nitrogen and oxygen atoms in total. The molecule has 0 radical (unpaired) electrons. The molecule has 1 aromatic rings. The molecule has 0 bridgehead atoms. The fourth-order valence-electron chi connectivity index (χ4n) is 2.71. The molecule has 1 fully saturated rings. The van der Waals surface area contributed by atoms with E-state index in [4.69, 9.17) is 9.47 Å². The molecule has 1 saturated heterocycles. The number of nitrogens with zero attached hydrogens (tertiary/aromatic N) is 1. The Morgan fingerprint density at radius 1 is 1.36 bits per heavy atom. The number of aryl methyl sites for hydroxylation is 1. The van der Waals surface area contributed by atoms with Crippen molar-refractivity contribution < 1.29 is 27.4 Å². The Labute approximate surface area is 145 Å². The first-order valence-corrected chi connectivity index (χ1v) is 8.16. The van der Waals surface area contributed by atoms with Crippen molar-refractivity contribution in [3.8, 4) is 11.5 Å². The average Bonchev–Trinajstić information content (AvgIpc) is 2.57. The van der Waals surface area contributed by atoms with Crippen molar-refractivity contribution in [3.05, 3.63) is 23.8 Å². The summed E-state index contributed by atoms with van der Waals surface area (Å²) >= 11 is 0. The molecule has 1 N–H and O–H groups in total. The van der Waals surface area contributed by atoms with Crippen LogP contribution in [-0.2, 0) is 11.2 Å². The average molecular weight is 360 g/mol. The highest BCUT2D eigenvalue weighted by atomic mass is 19.4. The van der Waals surface area contributed by atoms with Gasteiger partial charge in [0, 0.05) is 32.1 Å². The van der Waals surface area contributed by atoms with E-state index in [1.54, 1.807) is 12.1 Å². The monoisotopic (exact) mass is 360 g/mol. The van der Waals surface area contributed by atoms with Gasteiger partial charge in [0.2, 0.25) is 5.91 Å². The Bertz CT molecular complexity index is 593. The Morgan fingerprint density at radius 2 is 2.12 bits per heavy atom. The molecule has 1 aliphatic heterocycles. The lowest BCUT2D eigenvalue weighted by molar-refractivity contribution is -0.153. The van der Waals surface area contributed by atoms with Gasteiger partial charge in [-0.2, -0.15) is 13.2 Å². The number of methoxy groups -OCH3 is 1. The van der Waals surface area contributed by atoms with Crippen molar-refractivity contribution in [2.45, 2.75) is 32.0 Å². The number of nitrogens with one attached hydrogen (secondary N) is 1. The molecule has 140 valence electrons. The molecule has 1 aliphatic rings. The number of alkyl halides is 3. The van der Waals surface area contributed by atoms with Gasteiger partial charge in [-0.1, -0.05) is 6.07 Å². The van der Waals surface area contributed by atoms with E-state index in [9.17, 15) is 18.0 Å². The summed E-state index contributed by atoms with van der Waals surface area (Å²) < 4.78 is 46.6. The minimum atomic E-state index is -4.41. The molecule has 1 unspecified atom stereocenters. The van der Waals surface area contributed by atoms with Crippen LogP contribution in [0.25, 0.3) is 0 Å². The quantitative estimate of drug-likeness (QED) is 0.846. The first kappa shape index (κ1) is 19.4. The predicted molar refractivity (Wildman–Crippen MR) is 86.9 cm³/mol. The molecule has 1 atom stereocenters. The van der Waals surface area contributed by atoms with Gasteiger partial charge in [0.15, 0.2) is 18.1 Å². The number of carbonyl (C=O) groups excluding carboxylic acids is 1. The van der Waals surface area contributed by atoms with E-state index in [2.05, 4.69) is 5.32 Å². The first-order valence-electron chi connectivity index (χ1n) is 8.16. The van der Waals surface area contributed by atoms with Crippen molar-refractivity contribution in [2.24, 2.45) is 0 Å². The maximum absolute atomic E-state index is 12.3. The number of amides is 1. The zero-order chi connectivity index (χ0) is 18.4. The van der Waals surface area contributed by atoms with E-state index in [1.165, 1.54) is 13.2 Å². The molecule has 1 amide bonds. The Morgan fingerprint density at radius 3 is 2.76 bits per heavy atom. The predicted octanol–water partition coefficient (Wildman–Crippen LogP) is 2.39. The lowest BCUT2D eigenvalue weighted by Gasteiger charge is -2.32. The second kappa shape index (κ2) is 8.42. The van der Waals surface area contributed by atoms with E-state index >= 15 is 0 Å². The van der Waals surface area contributed by atoms with E-state index in [-0.39, 0.29) is 23.4 Å². The second-order valence-electron chi connectivity index (χ2n) is 6.08. The fourth-order valence-corrected chi connectivity index (χ4v) is 2.71. The molecular formula is C17H23F3N2O3. The molecule has 1 aromatic carbocycles. The van der Waals surface area contributed by atoms with Crippen LogP contribution in [0, 0.1) is 0 Å². The zero-order valence-electron chi connectivity index (χ0n) is 14.4. The summed E-state index contributed by atoms with van der Waals surface area (Å²) in [5, 5.41) is 3.28. The summed E-state index contributed by atoms with van der Waals surface area (Å²) in [5.41, 5.74) is 0.813. The topological polar surface area (TPSA) is 50.8 Å². The van der Waals surface area contributed by atoms with Crippen LogP contribution in [0.3, 0.4) is 0 Å². The van der Waals surface area contributed by atoms with Crippen molar-refractivity contribution in [2.75, 3.05) is 33.4 Å². The van der Waals surface area contributed by atoms with Crippen molar-refractivity contribution >= 4 is 5.91 Å². The molecule has 2 rings (SSSR count). The SMILES string of the molecule is COc1cc(CCC(=O)N2CCNC(C)C2)ccc1OCC(F)(F)F. The van der Waals surface area contributed by atoms with E-state index in [1.807, 2.05) is 11.8 Å². The van der Waals surface area contributed by atoms with Crippen LogP contribution in [0.15, 0.2) is 18.2 Å².